The summed E-state index contributed by atoms with van der Waals surface area (Å²) in [6.07, 6.45) is 0. The number of carbonyl (C=O) groups excluding carboxylic acids is 2. The molecule has 0 fully saturated rings. The zero-order valence-corrected chi connectivity index (χ0v) is 9.11. The van der Waals surface area contributed by atoms with Crippen molar-refractivity contribution in [3.8, 4) is 0 Å². The minimum Gasteiger partial charge on any atom is -0.469 e. The summed E-state index contributed by atoms with van der Waals surface area (Å²) in [5.41, 5.74) is 5.41. The standard InChI is InChI=1S/C9H18N2O3/c1-6(9(13)14-4)5-11(3)8(12)7(2)10/h6-7H,5,10H2,1-4H3. The molecule has 2 N–H and O–H groups in total. The number of amides is 1. The van der Waals surface area contributed by atoms with E-state index >= 15 is 0 Å². The third kappa shape index (κ3) is 3.74. The van der Waals surface area contributed by atoms with Gasteiger partial charge < -0.3 is 15.4 Å². The van der Waals surface area contributed by atoms with Crippen LogP contribution in [0.3, 0.4) is 0 Å². The Morgan fingerprint density at radius 3 is 2.29 bits per heavy atom. The molecule has 1 amide bonds. The molecule has 5 heteroatoms. The lowest BCUT2D eigenvalue weighted by atomic mass is 10.1. The monoisotopic (exact) mass is 202 g/mol. The second kappa shape index (κ2) is 5.59. The average Bonchev–Trinajstić information content (AvgIpc) is 2.14. The Labute approximate surface area is 84.2 Å². The molecule has 14 heavy (non-hydrogen) atoms. The van der Waals surface area contributed by atoms with Crippen molar-refractivity contribution in [1.29, 1.82) is 0 Å². The van der Waals surface area contributed by atoms with Gasteiger partial charge in [-0.25, -0.2) is 0 Å². The van der Waals surface area contributed by atoms with E-state index in [0.717, 1.165) is 0 Å². The SMILES string of the molecule is COC(=O)C(C)CN(C)C(=O)C(C)N. The lowest BCUT2D eigenvalue weighted by Crippen LogP contribution is -2.42. The maximum Gasteiger partial charge on any atom is 0.310 e. The molecular weight excluding hydrogens is 184 g/mol. The number of nitrogens with zero attached hydrogens (tertiary/aromatic N) is 1. The van der Waals surface area contributed by atoms with E-state index in [4.69, 9.17) is 5.73 Å². The number of carbonyl (C=O) groups is 2. The Morgan fingerprint density at radius 1 is 1.43 bits per heavy atom. The predicted molar refractivity (Wildman–Crippen MR) is 52.5 cm³/mol. The number of likely N-dealkylation sites (N-methyl/N-ethyl adjacent to an activating group) is 1. The highest BCUT2D eigenvalue weighted by Crippen LogP contribution is 2.01. The molecule has 5 nitrogen and oxygen atoms in total. The number of hydrogen-bond donors (Lipinski definition) is 1. The first kappa shape index (κ1) is 12.9. The predicted octanol–water partition coefficient (Wildman–Crippen LogP) is -0.399. The van der Waals surface area contributed by atoms with E-state index < -0.39 is 6.04 Å². The fourth-order valence-electron chi connectivity index (χ4n) is 1.12. The molecule has 0 bridgehead atoms. The quantitative estimate of drug-likeness (QED) is 0.630. The van der Waals surface area contributed by atoms with Crippen LogP contribution < -0.4 is 5.73 Å². The number of rotatable bonds is 4. The number of esters is 1. The van der Waals surface area contributed by atoms with E-state index in [2.05, 4.69) is 4.74 Å². The van der Waals surface area contributed by atoms with Gasteiger partial charge in [0, 0.05) is 13.6 Å². The molecule has 0 aromatic carbocycles. The van der Waals surface area contributed by atoms with Crippen molar-refractivity contribution in [2.75, 3.05) is 20.7 Å². The fourth-order valence-corrected chi connectivity index (χ4v) is 1.12. The van der Waals surface area contributed by atoms with Gasteiger partial charge in [-0.2, -0.15) is 0 Å². The Bertz CT molecular complexity index is 216. The molecule has 0 spiro atoms. The first-order chi connectivity index (χ1) is 6.40. The van der Waals surface area contributed by atoms with Gasteiger partial charge in [-0.15, -0.1) is 0 Å². The lowest BCUT2D eigenvalue weighted by molar-refractivity contribution is -0.146. The van der Waals surface area contributed by atoms with Crippen LogP contribution in [0.2, 0.25) is 0 Å². The van der Waals surface area contributed by atoms with Crippen molar-refractivity contribution in [3.63, 3.8) is 0 Å². The van der Waals surface area contributed by atoms with E-state index in [1.807, 2.05) is 0 Å². The molecule has 2 unspecified atom stereocenters. The summed E-state index contributed by atoms with van der Waals surface area (Å²) in [4.78, 5) is 23.8. The van der Waals surface area contributed by atoms with Crippen molar-refractivity contribution in [3.05, 3.63) is 0 Å². The lowest BCUT2D eigenvalue weighted by Gasteiger charge is -2.21. The molecule has 0 saturated heterocycles. The maximum absolute atomic E-state index is 11.3. The first-order valence-corrected chi connectivity index (χ1v) is 4.48. The third-order valence-corrected chi connectivity index (χ3v) is 1.92. The summed E-state index contributed by atoms with van der Waals surface area (Å²) >= 11 is 0. The largest absolute Gasteiger partial charge is 0.469 e. The average molecular weight is 202 g/mol. The molecule has 2 atom stereocenters. The highest BCUT2D eigenvalue weighted by Gasteiger charge is 2.20. The van der Waals surface area contributed by atoms with E-state index in [-0.39, 0.29) is 17.8 Å². The van der Waals surface area contributed by atoms with Crippen molar-refractivity contribution in [1.82, 2.24) is 4.90 Å². The van der Waals surface area contributed by atoms with Crippen molar-refractivity contribution in [2.45, 2.75) is 19.9 Å². The minimum absolute atomic E-state index is 0.180. The highest BCUT2D eigenvalue weighted by molar-refractivity contribution is 5.81. The van der Waals surface area contributed by atoms with Crippen molar-refractivity contribution < 1.29 is 14.3 Å². The zero-order valence-electron chi connectivity index (χ0n) is 9.11. The van der Waals surface area contributed by atoms with Gasteiger partial charge in [-0.3, -0.25) is 9.59 Å². The van der Waals surface area contributed by atoms with Gasteiger partial charge in [0.05, 0.1) is 19.1 Å². The van der Waals surface area contributed by atoms with Crippen LogP contribution in [0.15, 0.2) is 0 Å². The Balaban J connectivity index is 4.12. The van der Waals surface area contributed by atoms with Crippen LogP contribution in [-0.2, 0) is 14.3 Å². The van der Waals surface area contributed by atoms with E-state index in [1.165, 1.54) is 12.0 Å². The number of methoxy groups -OCH3 is 1. The summed E-state index contributed by atoms with van der Waals surface area (Å²) in [5.74, 6) is -0.831. The molecule has 0 rings (SSSR count). The van der Waals surface area contributed by atoms with Gasteiger partial charge in [-0.1, -0.05) is 6.92 Å². The summed E-state index contributed by atoms with van der Waals surface area (Å²) < 4.78 is 4.54. The van der Waals surface area contributed by atoms with Crippen LogP contribution in [-0.4, -0.2) is 43.5 Å². The highest BCUT2D eigenvalue weighted by atomic mass is 16.5. The second-order valence-electron chi connectivity index (χ2n) is 3.43. The van der Waals surface area contributed by atoms with Crippen molar-refractivity contribution >= 4 is 11.9 Å². The van der Waals surface area contributed by atoms with Gasteiger partial charge >= 0.3 is 5.97 Å². The molecule has 0 aliphatic carbocycles. The third-order valence-electron chi connectivity index (χ3n) is 1.92. The Hall–Kier alpha value is -1.10. The van der Waals surface area contributed by atoms with Crippen LogP contribution in [0.5, 0.6) is 0 Å². The number of hydrogen-bond acceptors (Lipinski definition) is 4. The van der Waals surface area contributed by atoms with E-state index in [1.54, 1.807) is 20.9 Å². The molecule has 0 saturated carbocycles. The molecule has 0 radical (unpaired) electrons. The van der Waals surface area contributed by atoms with Gasteiger partial charge in [0.2, 0.25) is 5.91 Å². The van der Waals surface area contributed by atoms with Gasteiger partial charge in [-0.05, 0) is 6.92 Å². The molecule has 0 aromatic heterocycles. The summed E-state index contributed by atoms with van der Waals surface area (Å²) in [6.45, 7) is 3.64. The topological polar surface area (TPSA) is 72.6 Å². The smallest absolute Gasteiger partial charge is 0.310 e. The van der Waals surface area contributed by atoms with Crippen LogP contribution >= 0.6 is 0 Å². The molecule has 0 heterocycles. The molecule has 0 aliphatic heterocycles. The molecular formula is C9H18N2O3. The van der Waals surface area contributed by atoms with Gasteiger partial charge in [0.25, 0.3) is 0 Å². The first-order valence-electron chi connectivity index (χ1n) is 4.48. The van der Waals surface area contributed by atoms with Crippen LogP contribution in [0, 0.1) is 5.92 Å². The summed E-state index contributed by atoms with van der Waals surface area (Å²) in [6, 6.07) is -0.537. The summed E-state index contributed by atoms with van der Waals surface area (Å²) in [7, 11) is 2.94. The Kier molecular flexibility index (Phi) is 5.15. The normalized spacial score (nSPS) is 14.4. The van der Waals surface area contributed by atoms with E-state index in [9.17, 15) is 9.59 Å². The van der Waals surface area contributed by atoms with Gasteiger partial charge in [0.15, 0.2) is 0 Å². The zero-order chi connectivity index (χ0) is 11.3. The van der Waals surface area contributed by atoms with Crippen LogP contribution in [0.25, 0.3) is 0 Å². The van der Waals surface area contributed by atoms with Crippen LogP contribution in [0.1, 0.15) is 13.8 Å². The number of ether oxygens (including phenoxy) is 1. The summed E-state index contributed by atoms with van der Waals surface area (Å²) in [5, 5.41) is 0. The maximum atomic E-state index is 11.3. The van der Waals surface area contributed by atoms with Crippen LogP contribution in [0.4, 0.5) is 0 Å². The molecule has 0 aromatic rings. The second-order valence-corrected chi connectivity index (χ2v) is 3.43. The molecule has 82 valence electrons. The minimum atomic E-state index is -0.537. The Morgan fingerprint density at radius 2 is 1.93 bits per heavy atom. The fraction of sp³-hybridized carbons (Fsp3) is 0.778. The van der Waals surface area contributed by atoms with Gasteiger partial charge in [0.1, 0.15) is 0 Å². The molecule has 0 aliphatic rings. The number of nitrogens with two attached hydrogens (primary N) is 1. The van der Waals surface area contributed by atoms with E-state index in [0.29, 0.717) is 6.54 Å². The van der Waals surface area contributed by atoms with Crippen molar-refractivity contribution in [2.24, 2.45) is 11.7 Å².